The largest absolute Gasteiger partial charge is 0.497 e. The first-order chi connectivity index (χ1) is 12.1. The van der Waals surface area contributed by atoms with Crippen molar-refractivity contribution in [3.05, 3.63) is 65.2 Å². The van der Waals surface area contributed by atoms with E-state index in [9.17, 15) is 4.79 Å². The third-order valence-electron chi connectivity index (χ3n) is 4.17. The zero-order chi connectivity index (χ0) is 17.4. The number of rotatable bonds is 3. The Bertz CT molecular complexity index is 1100. The Hall–Kier alpha value is -2.92. The van der Waals surface area contributed by atoms with Gasteiger partial charge in [-0.25, -0.2) is 0 Å². The van der Waals surface area contributed by atoms with Gasteiger partial charge in [-0.05, 0) is 60.2 Å². The number of hydrogen-bond acceptors (Lipinski definition) is 4. The summed E-state index contributed by atoms with van der Waals surface area (Å²) < 4.78 is 6.43. The number of anilines is 1. The zero-order valence-corrected chi connectivity index (χ0v) is 14.7. The number of pyridine rings is 1. The van der Waals surface area contributed by atoms with Crippen LogP contribution in [-0.4, -0.2) is 18.0 Å². The van der Waals surface area contributed by atoms with Gasteiger partial charge >= 0.3 is 0 Å². The molecular formula is C20H16N2O2S. The van der Waals surface area contributed by atoms with Gasteiger partial charge in [-0.2, -0.15) is 0 Å². The molecule has 0 saturated carbocycles. The number of aromatic nitrogens is 1. The van der Waals surface area contributed by atoms with Crippen molar-refractivity contribution < 1.29 is 9.53 Å². The fraction of sp³-hybridized carbons (Fsp3) is 0.100. The average Bonchev–Trinajstić information content (AvgIpc) is 3.08. The minimum Gasteiger partial charge on any atom is -0.497 e. The average molecular weight is 348 g/mol. The lowest BCUT2D eigenvalue weighted by molar-refractivity contribution is 0.102. The smallest absolute Gasteiger partial charge is 0.257 e. The fourth-order valence-electron chi connectivity index (χ4n) is 2.84. The number of carbonyl (C=O) groups excluding carboxylic acids is 1. The predicted molar refractivity (Wildman–Crippen MR) is 103 cm³/mol. The highest BCUT2D eigenvalue weighted by molar-refractivity contribution is 7.17. The number of aryl methyl sites for hydroxylation is 1. The number of benzene rings is 2. The summed E-state index contributed by atoms with van der Waals surface area (Å²) >= 11 is 1.69. The van der Waals surface area contributed by atoms with E-state index in [1.54, 1.807) is 18.4 Å². The molecule has 0 spiro atoms. The fourth-order valence-corrected chi connectivity index (χ4v) is 3.61. The molecule has 0 atom stereocenters. The predicted octanol–water partition coefficient (Wildman–Crippen LogP) is 5.02. The van der Waals surface area contributed by atoms with Gasteiger partial charge in [-0.15, -0.1) is 11.3 Å². The topological polar surface area (TPSA) is 51.2 Å². The van der Waals surface area contributed by atoms with E-state index in [0.29, 0.717) is 11.3 Å². The summed E-state index contributed by atoms with van der Waals surface area (Å²) in [5.41, 5.74) is 2.86. The van der Waals surface area contributed by atoms with E-state index in [2.05, 4.69) is 10.3 Å². The molecule has 0 aliphatic heterocycles. The number of carbonyl (C=O) groups is 1. The van der Waals surface area contributed by atoms with Crippen LogP contribution in [0.4, 0.5) is 5.69 Å². The van der Waals surface area contributed by atoms with Crippen molar-refractivity contribution in [2.24, 2.45) is 0 Å². The maximum Gasteiger partial charge on any atom is 0.257 e. The lowest BCUT2D eigenvalue weighted by atomic mass is 10.1. The number of fused-ring (bicyclic) bond motifs is 2. The van der Waals surface area contributed by atoms with Crippen molar-refractivity contribution in [3.63, 3.8) is 0 Å². The van der Waals surface area contributed by atoms with E-state index < -0.39 is 0 Å². The number of nitrogens with zero attached hydrogens (tertiary/aromatic N) is 1. The molecular weight excluding hydrogens is 332 g/mol. The molecule has 1 N–H and O–H groups in total. The van der Waals surface area contributed by atoms with Gasteiger partial charge in [0.2, 0.25) is 0 Å². The Balaban J connectivity index is 1.67. The molecule has 5 heteroatoms. The summed E-state index contributed by atoms with van der Waals surface area (Å²) in [5.74, 6) is 0.595. The van der Waals surface area contributed by atoms with Crippen LogP contribution in [0.2, 0.25) is 0 Å². The second kappa shape index (κ2) is 6.18. The first-order valence-corrected chi connectivity index (χ1v) is 8.76. The molecule has 4 rings (SSSR count). The van der Waals surface area contributed by atoms with Crippen LogP contribution in [0.15, 0.2) is 53.9 Å². The van der Waals surface area contributed by atoms with Gasteiger partial charge < -0.3 is 10.1 Å². The Morgan fingerprint density at radius 1 is 1.08 bits per heavy atom. The highest BCUT2D eigenvalue weighted by atomic mass is 32.1. The molecule has 124 valence electrons. The van der Waals surface area contributed by atoms with Crippen molar-refractivity contribution in [1.29, 1.82) is 0 Å². The SMILES string of the molecule is COc1ccc2cc(C(=O)Nc3ccc4sccc4c3)c(C)nc2c1. The lowest BCUT2D eigenvalue weighted by Crippen LogP contribution is -2.14. The Kier molecular flexibility index (Phi) is 3.86. The standard InChI is InChI=1S/C20H16N2O2S/c1-12-17(10-13-3-5-16(24-2)11-18(13)21-12)20(23)22-15-4-6-19-14(9-15)7-8-25-19/h3-11H,1-2H3,(H,22,23). The molecule has 0 saturated heterocycles. The van der Waals surface area contributed by atoms with Crippen LogP contribution >= 0.6 is 11.3 Å². The minimum absolute atomic E-state index is 0.155. The summed E-state index contributed by atoms with van der Waals surface area (Å²) in [5, 5.41) is 7.05. The molecule has 0 aliphatic carbocycles. The normalized spacial score (nSPS) is 11.0. The van der Waals surface area contributed by atoms with Crippen LogP contribution < -0.4 is 10.1 Å². The Morgan fingerprint density at radius 3 is 2.80 bits per heavy atom. The number of hydrogen-bond donors (Lipinski definition) is 1. The number of thiophene rings is 1. The molecule has 0 unspecified atom stereocenters. The van der Waals surface area contributed by atoms with E-state index in [0.717, 1.165) is 27.7 Å². The molecule has 4 nitrogen and oxygen atoms in total. The highest BCUT2D eigenvalue weighted by Gasteiger charge is 2.13. The van der Waals surface area contributed by atoms with Crippen molar-refractivity contribution in [2.45, 2.75) is 6.92 Å². The van der Waals surface area contributed by atoms with Crippen LogP contribution in [-0.2, 0) is 0 Å². The summed E-state index contributed by atoms with van der Waals surface area (Å²) in [6, 6.07) is 15.5. The third kappa shape index (κ3) is 2.94. The van der Waals surface area contributed by atoms with Crippen LogP contribution in [0.5, 0.6) is 5.75 Å². The van der Waals surface area contributed by atoms with Gasteiger partial charge in [0.25, 0.3) is 5.91 Å². The third-order valence-corrected chi connectivity index (χ3v) is 5.07. The molecule has 0 radical (unpaired) electrons. The summed E-state index contributed by atoms with van der Waals surface area (Å²) in [7, 11) is 1.63. The maximum absolute atomic E-state index is 12.7. The summed E-state index contributed by atoms with van der Waals surface area (Å²) in [4.78, 5) is 17.3. The molecule has 0 bridgehead atoms. The maximum atomic E-state index is 12.7. The van der Waals surface area contributed by atoms with Crippen LogP contribution in [0, 0.1) is 6.92 Å². The van der Waals surface area contributed by atoms with Crippen molar-refractivity contribution in [3.8, 4) is 5.75 Å². The van der Waals surface area contributed by atoms with Gasteiger partial charge in [0.05, 0.1) is 23.9 Å². The van der Waals surface area contributed by atoms with E-state index in [1.807, 2.05) is 60.8 Å². The molecule has 2 aromatic heterocycles. The van der Waals surface area contributed by atoms with Gasteiger partial charge in [0, 0.05) is 21.8 Å². The van der Waals surface area contributed by atoms with E-state index in [-0.39, 0.29) is 5.91 Å². The number of nitrogens with one attached hydrogen (secondary N) is 1. The Morgan fingerprint density at radius 2 is 1.96 bits per heavy atom. The van der Waals surface area contributed by atoms with Gasteiger partial charge in [0.1, 0.15) is 5.75 Å². The van der Waals surface area contributed by atoms with E-state index in [1.165, 1.54) is 4.70 Å². The first-order valence-electron chi connectivity index (χ1n) is 7.88. The monoisotopic (exact) mass is 348 g/mol. The molecule has 0 fully saturated rings. The highest BCUT2D eigenvalue weighted by Crippen LogP contribution is 2.25. The minimum atomic E-state index is -0.155. The number of ether oxygens (including phenoxy) is 1. The number of methoxy groups -OCH3 is 1. The van der Waals surface area contributed by atoms with E-state index >= 15 is 0 Å². The molecule has 0 aliphatic rings. The zero-order valence-electron chi connectivity index (χ0n) is 13.9. The van der Waals surface area contributed by atoms with Gasteiger partial charge in [0.15, 0.2) is 0 Å². The van der Waals surface area contributed by atoms with Crippen molar-refractivity contribution in [2.75, 3.05) is 12.4 Å². The first kappa shape index (κ1) is 15.6. The van der Waals surface area contributed by atoms with Crippen molar-refractivity contribution >= 4 is 43.9 Å². The molecule has 2 aromatic carbocycles. The second-order valence-electron chi connectivity index (χ2n) is 5.81. The number of amides is 1. The molecule has 1 amide bonds. The molecule has 25 heavy (non-hydrogen) atoms. The Labute approximate surface area is 149 Å². The van der Waals surface area contributed by atoms with Gasteiger partial charge in [-0.3, -0.25) is 9.78 Å². The summed E-state index contributed by atoms with van der Waals surface area (Å²) in [6.45, 7) is 1.84. The summed E-state index contributed by atoms with van der Waals surface area (Å²) in [6.07, 6.45) is 0. The van der Waals surface area contributed by atoms with E-state index in [4.69, 9.17) is 4.74 Å². The lowest BCUT2D eigenvalue weighted by Gasteiger charge is -2.10. The van der Waals surface area contributed by atoms with Crippen molar-refractivity contribution in [1.82, 2.24) is 4.98 Å². The van der Waals surface area contributed by atoms with Crippen LogP contribution in [0.1, 0.15) is 16.1 Å². The molecule has 2 heterocycles. The van der Waals surface area contributed by atoms with Crippen LogP contribution in [0.25, 0.3) is 21.0 Å². The quantitative estimate of drug-likeness (QED) is 0.566. The second-order valence-corrected chi connectivity index (χ2v) is 6.75. The van der Waals surface area contributed by atoms with Crippen LogP contribution in [0.3, 0.4) is 0 Å². The molecule has 4 aromatic rings. The van der Waals surface area contributed by atoms with Gasteiger partial charge in [-0.1, -0.05) is 0 Å².